The van der Waals surface area contributed by atoms with Crippen LogP contribution in [0.4, 0.5) is 0 Å². The van der Waals surface area contributed by atoms with Gasteiger partial charge in [-0.2, -0.15) is 0 Å². The highest BCUT2D eigenvalue weighted by atomic mass is 32.1. The Balaban J connectivity index is 1.32. The Bertz CT molecular complexity index is 2680. The van der Waals surface area contributed by atoms with Crippen LogP contribution < -0.4 is 0 Å². The Morgan fingerprint density at radius 1 is 0.578 bits per heavy atom. The highest BCUT2D eigenvalue weighted by molar-refractivity contribution is 7.26. The molecule has 0 bridgehead atoms. The summed E-state index contributed by atoms with van der Waals surface area (Å²) in [6.45, 7) is 4.72. The van der Waals surface area contributed by atoms with E-state index in [-0.39, 0.29) is 5.41 Å². The van der Waals surface area contributed by atoms with E-state index in [0.29, 0.717) is 5.95 Å². The second-order valence-corrected chi connectivity index (χ2v) is 13.7. The molecule has 4 heteroatoms. The van der Waals surface area contributed by atoms with Crippen molar-refractivity contribution in [2.24, 2.45) is 0 Å². The average molecular weight is 594 g/mol. The van der Waals surface area contributed by atoms with Gasteiger partial charge in [-0.25, -0.2) is 9.97 Å². The zero-order valence-electron chi connectivity index (χ0n) is 24.9. The van der Waals surface area contributed by atoms with Crippen molar-refractivity contribution in [1.82, 2.24) is 14.5 Å². The summed E-state index contributed by atoms with van der Waals surface area (Å²) >= 11 is 1.77. The fourth-order valence-electron chi connectivity index (χ4n) is 7.57. The lowest BCUT2D eigenvalue weighted by Gasteiger charge is -2.22. The fourth-order valence-corrected chi connectivity index (χ4v) is 8.72. The molecule has 0 spiro atoms. The molecule has 0 radical (unpaired) electrons. The summed E-state index contributed by atoms with van der Waals surface area (Å²) in [6, 6.07) is 46.1. The average Bonchev–Trinajstić information content (AvgIpc) is 3.68. The molecule has 0 fully saturated rings. The van der Waals surface area contributed by atoms with Gasteiger partial charge in [-0.1, -0.05) is 105 Å². The third kappa shape index (κ3) is 3.40. The molecule has 3 aromatic heterocycles. The van der Waals surface area contributed by atoms with Crippen molar-refractivity contribution in [3.8, 4) is 28.3 Å². The standard InChI is InChI=1S/C41H27N3S/c1-41(2)32-21-26-15-7-6-14-25(26)20-29(32)30-22-31-27-16-8-10-18-34(27)44(35(31)23-33(30)41)40-42-37(24-12-4-3-5-13-24)39-38(43-40)28-17-9-11-19-36(28)45-39/h3-23H,1-2H3. The highest BCUT2D eigenvalue weighted by Gasteiger charge is 2.37. The van der Waals surface area contributed by atoms with Gasteiger partial charge in [-0.3, -0.25) is 4.57 Å². The zero-order chi connectivity index (χ0) is 29.9. The van der Waals surface area contributed by atoms with Gasteiger partial charge in [0.15, 0.2) is 0 Å². The van der Waals surface area contributed by atoms with E-state index in [1.807, 2.05) is 0 Å². The first-order valence-electron chi connectivity index (χ1n) is 15.4. The van der Waals surface area contributed by atoms with Gasteiger partial charge in [0.2, 0.25) is 5.95 Å². The number of nitrogens with zero attached hydrogens (tertiary/aromatic N) is 3. The lowest BCUT2D eigenvalue weighted by Crippen LogP contribution is -2.15. The monoisotopic (exact) mass is 593 g/mol. The minimum Gasteiger partial charge on any atom is -0.278 e. The lowest BCUT2D eigenvalue weighted by atomic mass is 9.81. The molecule has 212 valence electrons. The van der Waals surface area contributed by atoms with Crippen LogP contribution in [0.3, 0.4) is 0 Å². The van der Waals surface area contributed by atoms with Gasteiger partial charge in [0.05, 0.1) is 26.9 Å². The van der Waals surface area contributed by atoms with Gasteiger partial charge < -0.3 is 0 Å². The summed E-state index contributed by atoms with van der Waals surface area (Å²) in [5.74, 6) is 0.704. The molecule has 3 heterocycles. The van der Waals surface area contributed by atoms with Crippen molar-refractivity contribution in [3.63, 3.8) is 0 Å². The van der Waals surface area contributed by atoms with Crippen molar-refractivity contribution in [1.29, 1.82) is 0 Å². The predicted octanol–water partition coefficient (Wildman–Crippen LogP) is 11.1. The number of hydrogen-bond donors (Lipinski definition) is 0. The molecule has 1 aliphatic rings. The van der Waals surface area contributed by atoms with Crippen LogP contribution in [0.1, 0.15) is 25.0 Å². The molecule has 45 heavy (non-hydrogen) atoms. The Kier molecular flexibility index (Phi) is 4.94. The summed E-state index contributed by atoms with van der Waals surface area (Å²) in [6.07, 6.45) is 0. The number of hydrogen-bond acceptors (Lipinski definition) is 3. The topological polar surface area (TPSA) is 30.7 Å². The van der Waals surface area contributed by atoms with Crippen molar-refractivity contribution >= 4 is 64.2 Å². The molecule has 0 amide bonds. The van der Waals surface area contributed by atoms with E-state index >= 15 is 0 Å². The first-order chi connectivity index (χ1) is 22.1. The van der Waals surface area contributed by atoms with E-state index in [1.165, 1.54) is 53.9 Å². The van der Waals surface area contributed by atoms with Crippen molar-refractivity contribution in [3.05, 3.63) is 139 Å². The first kappa shape index (κ1) is 25.1. The van der Waals surface area contributed by atoms with Gasteiger partial charge in [-0.15, -0.1) is 11.3 Å². The number of aromatic nitrogens is 3. The Labute approximate surface area is 264 Å². The van der Waals surface area contributed by atoms with Crippen LogP contribution in [0, 0.1) is 0 Å². The largest absolute Gasteiger partial charge is 0.278 e. The smallest absolute Gasteiger partial charge is 0.235 e. The van der Waals surface area contributed by atoms with E-state index in [0.717, 1.165) is 32.5 Å². The molecular weight excluding hydrogens is 567 g/mol. The molecule has 0 saturated carbocycles. The van der Waals surface area contributed by atoms with Crippen LogP contribution in [-0.4, -0.2) is 14.5 Å². The molecule has 6 aromatic carbocycles. The molecule has 0 unspecified atom stereocenters. The second-order valence-electron chi connectivity index (χ2n) is 12.7. The number of thiophene rings is 1. The van der Waals surface area contributed by atoms with Gasteiger partial charge in [0.25, 0.3) is 0 Å². The summed E-state index contributed by atoms with van der Waals surface area (Å²) in [4.78, 5) is 10.7. The predicted molar refractivity (Wildman–Crippen MR) is 190 cm³/mol. The minimum atomic E-state index is -0.145. The van der Waals surface area contributed by atoms with Gasteiger partial charge >= 0.3 is 0 Å². The Hall–Kier alpha value is -5.32. The third-order valence-corrected chi connectivity index (χ3v) is 11.0. The molecule has 0 saturated heterocycles. The lowest BCUT2D eigenvalue weighted by molar-refractivity contribution is 0.661. The van der Waals surface area contributed by atoms with E-state index in [1.54, 1.807) is 11.3 Å². The molecule has 9 aromatic rings. The van der Waals surface area contributed by atoms with Crippen LogP contribution in [0.5, 0.6) is 0 Å². The highest BCUT2D eigenvalue weighted by Crippen LogP contribution is 2.52. The summed E-state index contributed by atoms with van der Waals surface area (Å²) in [7, 11) is 0. The first-order valence-corrected chi connectivity index (χ1v) is 16.2. The normalized spacial score (nSPS) is 13.7. The number of benzene rings is 6. The van der Waals surface area contributed by atoms with Crippen LogP contribution >= 0.6 is 11.3 Å². The molecule has 3 nitrogen and oxygen atoms in total. The van der Waals surface area contributed by atoms with E-state index in [4.69, 9.17) is 9.97 Å². The molecule has 10 rings (SSSR count). The maximum Gasteiger partial charge on any atom is 0.235 e. The van der Waals surface area contributed by atoms with E-state index in [9.17, 15) is 0 Å². The van der Waals surface area contributed by atoms with Gasteiger partial charge in [0, 0.05) is 31.8 Å². The molecule has 0 N–H and O–H groups in total. The van der Waals surface area contributed by atoms with Crippen molar-refractivity contribution in [2.45, 2.75) is 19.3 Å². The van der Waals surface area contributed by atoms with Crippen molar-refractivity contribution in [2.75, 3.05) is 0 Å². The van der Waals surface area contributed by atoms with Crippen LogP contribution in [0.15, 0.2) is 127 Å². The van der Waals surface area contributed by atoms with Gasteiger partial charge in [-0.05, 0) is 69.4 Å². The van der Waals surface area contributed by atoms with E-state index < -0.39 is 0 Å². The summed E-state index contributed by atoms with van der Waals surface area (Å²) < 4.78 is 4.64. The molecule has 1 aliphatic carbocycles. The molecule has 0 atom stereocenters. The number of para-hydroxylation sites is 1. The van der Waals surface area contributed by atoms with Crippen LogP contribution in [-0.2, 0) is 5.41 Å². The molecular formula is C41H27N3S. The zero-order valence-corrected chi connectivity index (χ0v) is 25.7. The summed E-state index contributed by atoms with van der Waals surface area (Å²) in [5.41, 5.74) is 10.6. The number of fused-ring (bicyclic) bond motifs is 10. The third-order valence-electron chi connectivity index (χ3n) is 9.79. The number of rotatable bonds is 2. The second kappa shape index (κ2) is 8.87. The van der Waals surface area contributed by atoms with Gasteiger partial charge in [0.1, 0.15) is 0 Å². The van der Waals surface area contributed by atoms with Crippen LogP contribution in [0.2, 0.25) is 0 Å². The van der Waals surface area contributed by atoms with Crippen molar-refractivity contribution < 1.29 is 0 Å². The minimum absolute atomic E-state index is 0.145. The van der Waals surface area contributed by atoms with Crippen LogP contribution in [0.25, 0.3) is 81.2 Å². The Morgan fingerprint density at radius 3 is 2.09 bits per heavy atom. The maximum atomic E-state index is 5.38. The fraction of sp³-hybridized carbons (Fsp3) is 0.0732. The molecule has 0 aliphatic heterocycles. The Morgan fingerprint density at radius 2 is 1.24 bits per heavy atom. The maximum absolute atomic E-state index is 5.38. The van der Waals surface area contributed by atoms with E-state index in [2.05, 4.69) is 146 Å². The summed E-state index contributed by atoms with van der Waals surface area (Å²) in [5, 5.41) is 6.17. The SMILES string of the molecule is CC1(C)c2cc3ccccc3cc2-c2cc3c4ccccc4n(-c4nc(-c5ccccc5)c5sc6ccccc6c5n4)c3cc21. The quantitative estimate of drug-likeness (QED) is 0.200.